The molecular weight excluding hydrogens is 365 g/mol. The molecule has 0 spiro atoms. The molecule has 27 heavy (non-hydrogen) atoms. The number of phenols is 1. The van der Waals surface area contributed by atoms with Gasteiger partial charge in [-0.05, 0) is 49.4 Å². The van der Waals surface area contributed by atoms with Crippen molar-refractivity contribution in [2.24, 2.45) is 0 Å². The molecule has 3 N–H and O–H groups in total. The molecule has 1 amide bonds. The summed E-state index contributed by atoms with van der Waals surface area (Å²) in [6.45, 7) is 0.656. The summed E-state index contributed by atoms with van der Waals surface area (Å²) in [6, 6.07) is 9.64. The normalized spacial score (nSPS) is 13.3. The smallest absolute Gasteiger partial charge is 0.417 e. The summed E-state index contributed by atoms with van der Waals surface area (Å²) in [6.07, 6.45) is -4.77. The molecule has 142 valence electrons. The summed E-state index contributed by atoms with van der Waals surface area (Å²) < 4.78 is 44.2. The van der Waals surface area contributed by atoms with Gasteiger partial charge in [0, 0.05) is 5.69 Å². The van der Waals surface area contributed by atoms with E-state index in [1.54, 1.807) is 0 Å². The maximum atomic E-state index is 13.0. The maximum absolute atomic E-state index is 13.0. The van der Waals surface area contributed by atoms with Gasteiger partial charge >= 0.3 is 6.18 Å². The van der Waals surface area contributed by atoms with Crippen LogP contribution in [0.5, 0.6) is 11.5 Å². The van der Waals surface area contributed by atoms with Crippen molar-refractivity contribution in [3.05, 3.63) is 53.6 Å². The van der Waals surface area contributed by atoms with Crippen LogP contribution in [-0.4, -0.2) is 28.3 Å². The predicted molar refractivity (Wildman–Crippen MR) is 89.0 cm³/mol. The number of carbonyl (C=O) groups excluding carboxylic acids is 1. The van der Waals surface area contributed by atoms with Crippen LogP contribution >= 0.6 is 0 Å². The molecule has 0 heterocycles. The molecule has 0 aliphatic heterocycles. The van der Waals surface area contributed by atoms with Crippen molar-refractivity contribution in [3.63, 3.8) is 0 Å². The molecule has 1 atom stereocenters. The first-order chi connectivity index (χ1) is 12.5. The largest absolute Gasteiger partial charge is 0.508 e. The minimum atomic E-state index is -4.77. The van der Waals surface area contributed by atoms with Crippen LogP contribution in [-0.2, 0) is 11.0 Å². The molecule has 0 aliphatic carbocycles. The Morgan fingerprint density at radius 3 is 2.41 bits per heavy atom. The van der Waals surface area contributed by atoms with E-state index in [-0.39, 0.29) is 17.2 Å². The van der Waals surface area contributed by atoms with E-state index in [1.807, 2.05) is 0 Å². The van der Waals surface area contributed by atoms with Gasteiger partial charge in [-0.25, -0.2) is 0 Å². The van der Waals surface area contributed by atoms with Gasteiger partial charge in [-0.3, -0.25) is 4.79 Å². The SMILES string of the molecule is C[C@](O)(COc1ccc(O)cc1)C(=O)Nc1ccc(C#N)c(C(F)(F)F)c1. The third-order valence-corrected chi connectivity index (χ3v) is 3.55. The van der Waals surface area contributed by atoms with Crippen LogP contribution in [0.1, 0.15) is 18.1 Å². The zero-order chi connectivity index (χ0) is 20.2. The first-order valence-electron chi connectivity index (χ1n) is 7.60. The number of aliphatic hydroxyl groups is 1. The Bertz CT molecular complexity index is 872. The molecule has 0 aromatic heterocycles. The minimum Gasteiger partial charge on any atom is -0.508 e. The number of amides is 1. The van der Waals surface area contributed by atoms with Crippen LogP contribution in [0.3, 0.4) is 0 Å². The summed E-state index contributed by atoms with van der Waals surface area (Å²) in [7, 11) is 0. The van der Waals surface area contributed by atoms with Gasteiger partial charge in [0.05, 0.1) is 17.2 Å². The quantitative estimate of drug-likeness (QED) is 0.740. The molecule has 9 heteroatoms. The van der Waals surface area contributed by atoms with Crippen molar-refractivity contribution in [3.8, 4) is 17.6 Å². The van der Waals surface area contributed by atoms with E-state index in [4.69, 9.17) is 10.00 Å². The molecule has 0 bridgehead atoms. The van der Waals surface area contributed by atoms with Crippen molar-refractivity contribution in [1.82, 2.24) is 0 Å². The molecule has 0 aliphatic rings. The number of hydrogen-bond donors (Lipinski definition) is 3. The number of nitriles is 1. The summed E-state index contributed by atoms with van der Waals surface area (Å²) in [5.74, 6) is -0.703. The second-order valence-corrected chi connectivity index (χ2v) is 5.88. The monoisotopic (exact) mass is 380 g/mol. The lowest BCUT2D eigenvalue weighted by atomic mass is 10.1. The number of anilines is 1. The third kappa shape index (κ3) is 5.12. The summed E-state index contributed by atoms with van der Waals surface area (Å²) in [4.78, 5) is 12.2. The molecule has 6 nitrogen and oxygen atoms in total. The number of phenolic OH excluding ortho intramolecular Hbond substituents is 1. The van der Waals surface area contributed by atoms with E-state index in [0.717, 1.165) is 19.1 Å². The van der Waals surface area contributed by atoms with E-state index in [2.05, 4.69) is 5.32 Å². The van der Waals surface area contributed by atoms with E-state index in [9.17, 15) is 28.2 Å². The second-order valence-electron chi connectivity index (χ2n) is 5.88. The van der Waals surface area contributed by atoms with Gasteiger partial charge in [0.15, 0.2) is 5.60 Å². The fraction of sp³-hybridized carbons (Fsp3) is 0.222. The highest BCUT2D eigenvalue weighted by molar-refractivity contribution is 5.97. The molecule has 0 unspecified atom stereocenters. The van der Waals surface area contributed by atoms with E-state index in [1.165, 1.54) is 30.3 Å². The number of benzene rings is 2. The van der Waals surface area contributed by atoms with E-state index >= 15 is 0 Å². The number of alkyl halides is 3. The standard InChI is InChI=1S/C18H15F3N2O4/c1-17(26,10-27-14-6-4-13(24)5-7-14)16(25)23-12-3-2-11(9-22)15(8-12)18(19,20)21/h2-8,24,26H,10H2,1H3,(H,23,25)/t17-/m0/s1. The van der Waals surface area contributed by atoms with Crippen molar-refractivity contribution in [2.75, 3.05) is 11.9 Å². The Hall–Kier alpha value is -3.25. The molecule has 0 saturated carbocycles. The van der Waals surface area contributed by atoms with Crippen molar-refractivity contribution < 1.29 is 32.9 Å². The molecule has 0 fully saturated rings. The number of ether oxygens (including phenoxy) is 1. The topological polar surface area (TPSA) is 103 Å². The fourth-order valence-electron chi connectivity index (χ4n) is 2.05. The lowest BCUT2D eigenvalue weighted by Crippen LogP contribution is -2.45. The Labute approximate surface area is 152 Å². The van der Waals surface area contributed by atoms with Crippen molar-refractivity contribution >= 4 is 11.6 Å². The van der Waals surface area contributed by atoms with E-state index < -0.39 is 35.4 Å². The number of halogens is 3. The number of rotatable bonds is 5. The van der Waals surface area contributed by atoms with Gasteiger partial charge in [-0.15, -0.1) is 0 Å². The summed E-state index contributed by atoms with van der Waals surface area (Å²) in [5, 5.41) is 30.4. The highest BCUT2D eigenvalue weighted by Crippen LogP contribution is 2.33. The van der Waals surface area contributed by atoms with Crippen molar-refractivity contribution in [1.29, 1.82) is 5.26 Å². The van der Waals surface area contributed by atoms with Crippen LogP contribution in [0.4, 0.5) is 18.9 Å². The molecular formula is C18H15F3N2O4. The van der Waals surface area contributed by atoms with Crippen molar-refractivity contribution in [2.45, 2.75) is 18.7 Å². The lowest BCUT2D eigenvalue weighted by Gasteiger charge is -2.23. The predicted octanol–water partition coefficient (Wildman–Crippen LogP) is 3.05. The molecule has 0 radical (unpaired) electrons. The lowest BCUT2D eigenvalue weighted by molar-refractivity contribution is -0.138. The van der Waals surface area contributed by atoms with E-state index in [0.29, 0.717) is 6.07 Å². The average Bonchev–Trinajstić information content (AvgIpc) is 2.60. The molecule has 2 rings (SSSR count). The van der Waals surface area contributed by atoms with Gasteiger partial charge in [-0.1, -0.05) is 0 Å². The number of hydrogen-bond acceptors (Lipinski definition) is 5. The first-order valence-corrected chi connectivity index (χ1v) is 7.60. The Morgan fingerprint density at radius 1 is 1.22 bits per heavy atom. The van der Waals surface area contributed by atoms with Crippen LogP contribution in [0.15, 0.2) is 42.5 Å². The number of aromatic hydroxyl groups is 1. The van der Waals surface area contributed by atoms with Crippen LogP contribution in [0, 0.1) is 11.3 Å². The number of nitrogens with zero attached hydrogens (tertiary/aromatic N) is 1. The Balaban J connectivity index is 2.11. The number of nitrogens with one attached hydrogen (secondary N) is 1. The molecule has 2 aromatic rings. The van der Waals surface area contributed by atoms with Gasteiger partial charge in [0.2, 0.25) is 0 Å². The van der Waals surface area contributed by atoms with Gasteiger partial charge < -0.3 is 20.3 Å². The second kappa shape index (κ2) is 7.55. The highest BCUT2D eigenvalue weighted by Gasteiger charge is 2.35. The first kappa shape index (κ1) is 20.1. The minimum absolute atomic E-state index is 0.00754. The Morgan fingerprint density at radius 2 is 1.85 bits per heavy atom. The summed E-state index contributed by atoms with van der Waals surface area (Å²) in [5.41, 5.74) is -4.05. The zero-order valence-electron chi connectivity index (χ0n) is 14.0. The fourth-order valence-corrected chi connectivity index (χ4v) is 2.05. The number of carbonyl (C=O) groups is 1. The zero-order valence-corrected chi connectivity index (χ0v) is 14.0. The average molecular weight is 380 g/mol. The molecule has 0 saturated heterocycles. The maximum Gasteiger partial charge on any atom is 0.417 e. The Kier molecular flexibility index (Phi) is 5.61. The third-order valence-electron chi connectivity index (χ3n) is 3.55. The molecule has 2 aromatic carbocycles. The van der Waals surface area contributed by atoms with Gasteiger partial charge in [0.25, 0.3) is 5.91 Å². The van der Waals surface area contributed by atoms with Crippen LogP contribution in [0.25, 0.3) is 0 Å². The van der Waals surface area contributed by atoms with Crippen LogP contribution in [0.2, 0.25) is 0 Å². The summed E-state index contributed by atoms with van der Waals surface area (Å²) >= 11 is 0. The van der Waals surface area contributed by atoms with Gasteiger partial charge in [0.1, 0.15) is 18.1 Å². The van der Waals surface area contributed by atoms with Gasteiger partial charge in [-0.2, -0.15) is 18.4 Å². The van der Waals surface area contributed by atoms with Crippen LogP contribution < -0.4 is 10.1 Å². The highest BCUT2D eigenvalue weighted by atomic mass is 19.4.